The lowest BCUT2D eigenvalue weighted by atomic mass is 10.1. The number of hydrogen-bond acceptors (Lipinski definition) is 4. The number of nitrogens with zero attached hydrogens (tertiary/aromatic N) is 1. The third kappa shape index (κ3) is 2.87. The Labute approximate surface area is 109 Å². The van der Waals surface area contributed by atoms with Gasteiger partial charge >= 0.3 is 5.97 Å². The minimum Gasteiger partial charge on any atom is -0.478 e. The number of carboxylic acids is 1. The summed E-state index contributed by atoms with van der Waals surface area (Å²) in [7, 11) is 0. The largest absolute Gasteiger partial charge is 0.478 e. The average Bonchev–Trinajstić information content (AvgIpc) is 2.41. The van der Waals surface area contributed by atoms with Crippen LogP contribution in [0.2, 0.25) is 0 Å². The summed E-state index contributed by atoms with van der Waals surface area (Å²) in [5.74, 6) is -2.14. The maximum absolute atomic E-state index is 12.0. The fraction of sp³-hybridized carbons (Fsp3) is 0.333. The van der Waals surface area contributed by atoms with Crippen molar-refractivity contribution < 1.29 is 19.5 Å². The van der Waals surface area contributed by atoms with E-state index in [0.29, 0.717) is 13.0 Å². The second-order valence-electron chi connectivity index (χ2n) is 4.16. The van der Waals surface area contributed by atoms with Gasteiger partial charge in [0.2, 0.25) is 5.91 Å². The molecule has 19 heavy (non-hydrogen) atoms. The second-order valence-corrected chi connectivity index (χ2v) is 4.16. The molecule has 1 atom stereocenters. The first kappa shape index (κ1) is 13.0. The van der Waals surface area contributed by atoms with E-state index in [2.05, 4.69) is 15.6 Å². The van der Waals surface area contributed by atoms with Crippen LogP contribution in [-0.4, -0.2) is 40.5 Å². The number of carbonyl (C=O) groups excluding carboxylic acids is 2. The van der Waals surface area contributed by atoms with Crippen molar-refractivity contribution in [2.24, 2.45) is 0 Å². The topological polar surface area (TPSA) is 108 Å². The number of hydrogen-bond donors (Lipinski definition) is 3. The molecule has 1 aromatic heterocycles. The predicted molar refractivity (Wildman–Crippen MR) is 64.7 cm³/mol. The zero-order valence-electron chi connectivity index (χ0n) is 10.0. The fourth-order valence-corrected chi connectivity index (χ4v) is 1.90. The van der Waals surface area contributed by atoms with Crippen LogP contribution in [0.25, 0.3) is 0 Å². The number of amides is 2. The number of carboxylic acid groups (broad SMARTS) is 1. The summed E-state index contributed by atoms with van der Waals surface area (Å²) < 4.78 is 0. The van der Waals surface area contributed by atoms with Crippen LogP contribution in [0.15, 0.2) is 18.3 Å². The van der Waals surface area contributed by atoms with Crippen molar-refractivity contribution in [2.45, 2.75) is 18.9 Å². The molecule has 0 aromatic carbocycles. The van der Waals surface area contributed by atoms with E-state index in [0.717, 1.165) is 6.42 Å². The summed E-state index contributed by atoms with van der Waals surface area (Å²) in [5, 5.41) is 14.1. The van der Waals surface area contributed by atoms with Gasteiger partial charge in [-0.25, -0.2) is 4.79 Å². The molecule has 0 radical (unpaired) electrons. The molecule has 1 unspecified atom stereocenters. The Hall–Kier alpha value is -2.44. The summed E-state index contributed by atoms with van der Waals surface area (Å²) >= 11 is 0. The Morgan fingerprint density at radius 1 is 1.47 bits per heavy atom. The van der Waals surface area contributed by atoms with Gasteiger partial charge in [-0.05, 0) is 25.0 Å². The summed E-state index contributed by atoms with van der Waals surface area (Å²) in [6.45, 7) is 0.592. The molecule has 7 nitrogen and oxygen atoms in total. The quantitative estimate of drug-likeness (QED) is 0.699. The molecule has 1 saturated heterocycles. The van der Waals surface area contributed by atoms with Gasteiger partial charge < -0.3 is 15.7 Å². The van der Waals surface area contributed by atoms with Crippen molar-refractivity contribution in [3.63, 3.8) is 0 Å². The molecule has 0 saturated carbocycles. The lowest BCUT2D eigenvalue weighted by molar-refractivity contribution is -0.124. The van der Waals surface area contributed by atoms with Gasteiger partial charge in [0.05, 0.1) is 5.56 Å². The first-order valence-electron chi connectivity index (χ1n) is 5.86. The highest BCUT2D eigenvalue weighted by Gasteiger charge is 2.26. The van der Waals surface area contributed by atoms with Gasteiger partial charge in [-0.2, -0.15) is 0 Å². The molecule has 2 amide bonds. The number of piperidine rings is 1. The molecule has 0 aliphatic carbocycles. The summed E-state index contributed by atoms with van der Waals surface area (Å²) in [4.78, 5) is 38.2. The molecule has 0 bridgehead atoms. The molecule has 100 valence electrons. The highest BCUT2D eigenvalue weighted by Crippen LogP contribution is 2.08. The third-order valence-electron chi connectivity index (χ3n) is 2.84. The maximum Gasteiger partial charge on any atom is 0.338 e. The molecule has 1 aromatic rings. The first-order chi connectivity index (χ1) is 9.09. The van der Waals surface area contributed by atoms with Crippen molar-refractivity contribution in [3.8, 4) is 0 Å². The van der Waals surface area contributed by atoms with Crippen molar-refractivity contribution >= 4 is 17.8 Å². The Balaban J connectivity index is 2.16. The van der Waals surface area contributed by atoms with E-state index >= 15 is 0 Å². The van der Waals surface area contributed by atoms with Crippen LogP contribution in [0.4, 0.5) is 0 Å². The molecular weight excluding hydrogens is 250 g/mol. The molecule has 2 heterocycles. The molecule has 1 aliphatic rings. The van der Waals surface area contributed by atoms with Crippen molar-refractivity contribution in [2.75, 3.05) is 6.54 Å². The van der Waals surface area contributed by atoms with Crippen LogP contribution in [-0.2, 0) is 4.79 Å². The van der Waals surface area contributed by atoms with E-state index in [9.17, 15) is 14.4 Å². The highest BCUT2D eigenvalue weighted by molar-refractivity contribution is 6.04. The number of nitrogens with one attached hydrogen (secondary N) is 2. The van der Waals surface area contributed by atoms with Gasteiger partial charge in [-0.15, -0.1) is 0 Å². The van der Waals surface area contributed by atoms with Gasteiger partial charge in [0, 0.05) is 12.7 Å². The summed E-state index contributed by atoms with van der Waals surface area (Å²) in [5.41, 5.74) is -0.371. The number of aromatic carboxylic acids is 1. The molecule has 7 heteroatoms. The molecule has 0 spiro atoms. The fourth-order valence-electron chi connectivity index (χ4n) is 1.90. The summed E-state index contributed by atoms with van der Waals surface area (Å²) in [6, 6.07) is 2.10. The van der Waals surface area contributed by atoms with E-state index in [1.54, 1.807) is 0 Å². The number of pyridine rings is 1. The van der Waals surface area contributed by atoms with Crippen LogP contribution in [0.3, 0.4) is 0 Å². The number of rotatable bonds is 3. The van der Waals surface area contributed by atoms with E-state index in [4.69, 9.17) is 5.11 Å². The van der Waals surface area contributed by atoms with Crippen molar-refractivity contribution in [3.05, 3.63) is 29.6 Å². The van der Waals surface area contributed by atoms with Crippen LogP contribution in [0.5, 0.6) is 0 Å². The van der Waals surface area contributed by atoms with Gasteiger partial charge in [-0.1, -0.05) is 0 Å². The number of aromatic nitrogens is 1. The minimum atomic E-state index is -1.23. The molecule has 1 fully saturated rings. The molecule has 2 rings (SSSR count). The highest BCUT2D eigenvalue weighted by atomic mass is 16.4. The normalized spacial score (nSPS) is 18.5. The zero-order valence-corrected chi connectivity index (χ0v) is 10.0. The second kappa shape index (κ2) is 5.47. The van der Waals surface area contributed by atoms with Crippen LogP contribution in [0, 0.1) is 0 Å². The SMILES string of the molecule is O=C(O)c1cccnc1C(=O)NC1CCCNC1=O. The molecular formula is C12H13N3O4. The van der Waals surface area contributed by atoms with E-state index in [-0.39, 0.29) is 17.2 Å². The lowest BCUT2D eigenvalue weighted by Gasteiger charge is -2.22. The summed E-state index contributed by atoms with van der Waals surface area (Å²) in [6.07, 6.45) is 2.64. The number of carbonyl (C=O) groups is 3. The Morgan fingerprint density at radius 3 is 2.95 bits per heavy atom. The zero-order chi connectivity index (χ0) is 13.8. The van der Waals surface area contributed by atoms with E-state index in [1.165, 1.54) is 18.3 Å². The van der Waals surface area contributed by atoms with Crippen molar-refractivity contribution in [1.29, 1.82) is 0 Å². The predicted octanol–water partition coefficient (Wildman–Crippen LogP) is -0.212. The average molecular weight is 263 g/mol. The van der Waals surface area contributed by atoms with Crippen LogP contribution < -0.4 is 10.6 Å². The van der Waals surface area contributed by atoms with E-state index in [1.807, 2.05) is 0 Å². The Bertz CT molecular complexity index is 529. The first-order valence-corrected chi connectivity index (χ1v) is 5.86. The van der Waals surface area contributed by atoms with Crippen LogP contribution in [0.1, 0.15) is 33.7 Å². The smallest absolute Gasteiger partial charge is 0.338 e. The Kier molecular flexibility index (Phi) is 3.74. The van der Waals surface area contributed by atoms with Gasteiger partial charge in [0.15, 0.2) is 0 Å². The van der Waals surface area contributed by atoms with E-state index < -0.39 is 17.9 Å². The van der Waals surface area contributed by atoms with Crippen LogP contribution >= 0.6 is 0 Å². The molecule has 1 aliphatic heterocycles. The Morgan fingerprint density at radius 2 is 2.26 bits per heavy atom. The van der Waals surface area contributed by atoms with Gasteiger partial charge in [0.25, 0.3) is 5.91 Å². The lowest BCUT2D eigenvalue weighted by Crippen LogP contribution is -2.50. The monoisotopic (exact) mass is 263 g/mol. The van der Waals surface area contributed by atoms with Gasteiger partial charge in [-0.3, -0.25) is 14.6 Å². The van der Waals surface area contributed by atoms with Gasteiger partial charge in [0.1, 0.15) is 11.7 Å². The minimum absolute atomic E-state index is 0.184. The third-order valence-corrected chi connectivity index (χ3v) is 2.84. The standard InChI is InChI=1S/C12H13N3O4/c16-10-8(4-2-6-14-10)15-11(17)9-7(12(18)19)3-1-5-13-9/h1,3,5,8H,2,4,6H2,(H,14,16)(H,15,17)(H,18,19). The molecule has 3 N–H and O–H groups in total. The van der Waals surface area contributed by atoms with Crippen molar-refractivity contribution in [1.82, 2.24) is 15.6 Å². The maximum atomic E-state index is 12.0.